The van der Waals surface area contributed by atoms with Crippen LogP contribution < -0.4 is 0 Å². The van der Waals surface area contributed by atoms with Crippen molar-refractivity contribution in [1.82, 2.24) is 0 Å². The molecule has 0 N–H and O–H groups in total. The van der Waals surface area contributed by atoms with Crippen molar-refractivity contribution in [3.63, 3.8) is 0 Å². The van der Waals surface area contributed by atoms with E-state index in [4.69, 9.17) is 5.26 Å². The van der Waals surface area contributed by atoms with Gasteiger partial charge < -0.3 is 0 Å². The quantitative estimate of drug-likeness (QED) is 0.521. The van der Waals surface area contributed by atoms with Gasteiger partial charge in [-0.15, -0.1) is 0 Å². The van der Waals surface area contributed by atoms with Crippen molar-refractivity contribution in [3.8, 4) is 6.07 Å². The number of hydrogen-bond donors (Lipinski definition) is 0. The van der Waals surface area contributed by atoms with Crippen molar-refractivity contribution in [1.29, 1.82) is 5.26 Å². The van der Waals surface area contributed by atoms with Crippen molar-refractivity contribution in [2.24, 2.45) is 4.99 Å². The van der Waals surface area contributed by atoms with Crippen molar-refractivity contribution < 1.29 is 0 Å². The Kier molecular flexibility index (Phi) is 0.871. The number of allylic oxidation sites excluding steroid dienone is 4. The molecular weight excluding hydrogens is 148 g/mol. The molecule has 0 spiro atoms. The third-order valence-corrected chi connectivity index (χ3v) is 2.60. The van der Waals surface area contributed by atoms with Gasteiger partial charge in [0, 0.05) is 17.4 Å². The van der Waals surface area contributed by atoms with Crippen LogP contribution in [0.1, 0.15) is 6.42 Å². The summed E-state index contributed by atoms with van der Waals surface area (Å²) in [6.45, 7) is 0. The van der Waals surface area contributed by atoms with Crippen LogP contribution in [0.5, 0.6) is 0 Å². The van der Waals surface area contributed by atoms with Crippen LogP contribution >= 0.6 is 0 Å². The number of fused-ring (bicyclic) bond motifs is 3. The molecule has 3 rings (SSSR count). The van der Waals surface area contributed by atoms with Crippen LogP contribution in [0.15, 0.2) is 39.4 Å². The molecule has 0 saturated carbocycles. The molecule has 0 amide bonds. The lowest BCUT2D eigenvalue weighted by atomic mass is 10.00. The van der Waals surface area contributed by atoms with E-state index in [1.165, 1.54) is 16.7 Å². The van der Waals surface area contributed by atoms with Gasteiger partial charge in [-0.05, 0) is 17.6 Å². The largest absolute Gasteiger partial charge is 0.269 e. The summed E-state index contributed by atoms with van der Waals surface area (Å²) in [5.41, 5.74) is 5.00. The first-order chi connectivity index (χ1) is 5.90. The Hall–Kier alpha value is -1.62. The third-order valence-electron chi connectivity index (χ3n) is 2.60. The normalized spacial score (nSPS) is 28.8. The number of aliphatic imine (C=N–C) groups is 1. The van der Waals surface area contributed by atoms with Crippen LogP contribution in [0.2, 0.25) is 0 Å². The summed E-state index contributed by atoms with van der Waals surface area (Å²) >= 11 is 0. The maximum absolute atomic E-state index is 8.80. The zero-order valence-electron chi connectivity index (χ0n) is 6.41. The lowest BCUT2D eigenvalue weighted by Crippen LogP contribution is -2.01. The van der Waals surface area contributed by atoms with Crippen molar-refractivity contribution >= 4 is 6.21 Å². The van der Waals surface area contributed by atoms with Gasteiger partial charge in [-0.2, -0.15) is 5.26 Å². The minimum atomic E-state index is -0.225. The zero-order chi connectivity index (χ0) is 8.13. The standard InChI is InChI=1S/C10H6N2/c11-4-9-10-7-2-1-6(3-7)8(10)5-12-9/h1-2,5,9H,3H2. The number of hydrogen-bond acceptors (Lipinski definition) is 2. The van der Waals surface area contributed by atoms with Gasteiger partial charge >= 0.3 is 0 Å². The molecular formula is C10H6N2. The molecule has 56 valence electrons. The second kappa shape index (κ2) is 1.75. The minimum Gasteiger partial charge on any atom is -0.269 e. The molecule has 0 aromatic heterocycles. The highest BCUT2D eigenvalue weighted by molar-refractivity contribution is 5.95. The van der Waals surface area contributed by atoms with E-state index < -0.39 is 0 Å². The van der Waals surface area contributed by atoms with Crippen LogP contribution in [0.3, 0.4) is 0 Å². The molecule has 0 radical (unpaired) electrons. The Morgan fingerprint density at radius 1 is 1.42 bits per heavy atom. The van der Waals surface area contributed by atoms with Gasteiger partial charge in [0.05, 0.1) is 6.07 Å². The maximum atomic E-state index is 8.80. The summed E-state index contributed by atoms with van der Waals surface area (Å²) in [4.78, 5) is 4.14. The van der Waals surface area contributed by atoms with E-state index >= 15 is 0 Å². The van der Waals surface area contributed by atoms with Crippen molar-refractivity contribution in [3.05, 3.63) is 34.4 Å². The van der Waals surface area contributed by atoms with Crippen LogP contribution in [0.4, 0.5) is 0 Å². The Bertz CT molecular complexity index is 427. The first kappa shape index (κ1) is 5.96. The Morgan fingerprint density at radius 2 is 2.25 bits per heavy atom. The molecule has 0 saturated heterocycles. The fourth-order valence-corrected chi connectivity index (χ4v) is 2.04. The molecule has 0 aromatic rings. The molecule has 1 heterocycles. The van der Waals surface area contributed by atoms with E-state index in [0.717, 1.165) is 12.0 Å². The van der Waals surface area contributed by atoms with Crippen LogP contribution in [-0.4, -0.2) is 12.3 Å². The molecule has 1 unspecified atom stereocenters. The first-order valence-electron chi connectivity index (χ1n) is 3.97. The molecule has 2 aliphatic carbocycles. The van der Waals surface area contributed by atoms with E-state index in [2.05, 4.69) is 23.2 Å². The van der Waals surface area contributed by atoms with Gasteiger partial charge in [0.15, 0.2) is 6.04 Å². The molecule has 2 heteroatoms. The third kappa shape index (κ3) is 0.495. The molecule has 12 heavy (non-hydrogen) atoms. The van der Waals surface area contributed by atoms with Crippen LogP contribution in [0.25, 0.3) is 0 Å². The smallest absolute Gasteiger partial charge is 0.162 e. The second-order valence-corrected chi connectivity index (χ2v) is 3.20. The average Bonchev–Trinajstić information content (AvgIpc) is 2.76. The van der Waals surface area contributed by atoms with E-state index in [9.17, 15) is 0 Å². The Labute approximate surface area is 70.2 Å². The van der Waals surface area contributed by atoms with E-state index in [1.807, 2.05) is 6.21 Å². The monoisotopic (exact) mass is 154 g/mol. The predicted octanol–water partition coefficient (Wildman–Crippen LogP) is 1.53. The van der Waals surface area contributed by atoms with Gasteiger partial charge in [0.2, 0.25) is 0 Å². The van der Waals surface area contributed by atoms with Crippen LogP contribution in [0, 0.1) is 11.3 Å². The van der Waals surface area contributed by atoms with Crippen LogP contribution in [-0.2, 0) is 0 Å². The zero-order valence-corrected chi connectivity index (χ0v) is 6.41. The van der Waals surface area contributed by atoms with Gasteiger partial charge in [0.1, 0.15) is 0 Å². The average molecular weight is 154 g/mol. The minimum absolute atomic E-state index is 0.225. The SMILES string of the molecule is N#CC1N=CC2=C3C=CC(=C21)C3. The number of nitriles is 1. The molecule has 0 fully saturated rings. The molecule has 2 nitrogen and oxygen atoms in total. The fraction of sp³-hybridized carbons (Fsp3) is 0.200. The van der Waals surface area contributed by atoms with Gasteiger partial charge in [0.25, 0.3) is 0 Å². The van der Waals surface area contributed by atoms with Gasteiger partial charge in [-0.25, -0.2) is 0 Å². The molecule has 1 atom stereocenters. The van der Waals surface area contributed by atoms with Gasteiger partial charge in [-0.3, -0.25) is 4.99 Å². The molecule has 1 aliphatic heterocycles. The summed E-state index contributed by atoms with van der Waals surface area (Å²) in [6, 6.07) is 1.97. The second-order valence-electron chi connectivity index (χ2n) is 3.20. The van der Waals surface area contributed by atoms with E-state index in [0.29, 0.717) is 0 Å². The topological polar surface area (TPSA) is 36.1 Å². The lowest BCUT2D eigenvalue weighted by molar-refractivity contribution is 1.01. The number of rotatable bonds is 0. The van der Waals surface area contributed by atoms with Gasteiger partial charge in [-0.1, -0.05) is 12.2 Å². The highest BCUT2D eigenvalue weighted by Crippen LogP contribution is 2.42. The maximum Gasteiger partial charge on any atom is 0.162 e. The van der Waals surface area contributed by atoms with Crippen molar-refractivity contribution in [2.45, 2.75) is 12.5 Å². The summed E-state index contributed by atoms with van der Waals surface area (Å²) in [7, 11) is 0. The summed E-state index contributed by atoms with van der Waals surface area (Å²) in [6.07, 6.45) is 7.09. The summed E-state index contributed by atoms with van der Waals surface area (Å²) < 4.78 is 0. The Morgan fingerprint density at radius 3 is 3.08 bits per heavy atom. The van der Waals surface area contributed by atoms with E-state index in [1.54, 1.807) is 0 Å². The molecule has 3 aliphatic rings. The van der Waals surface area contributed by atoms with Crippen molar-refractivity contribution in [2.75, 3.05) is 0 Å². The highest BCUT2D eigenvalue weighted by atomic mass is 14.8. The molecule has 2 bridgehead atoms. The lowest BCUT2D eigenvalue weighted by Gasteiger charge is -2.02. The first-order valence-corrected chi connectivity index (χ1v) is 3.97. The van der Waals surface area contributed by atoms with E-state index in [-0.39, 0.29) is 6.04 Å². The summed E-state index contributed by atoms with van der Waals surface area (Å²) in [5.74, 6) is 0. The fourth-order valence-electron chi connectivity index (χ4n) is 2.04. The number of nitrogens with zero attached hydrogens (tertiary/aromatic N) is 2. The summed E-state index contributed by atoms with van der Waals surface area (Å²) in [5, 5.41) is 8.80. The molecule has 0 aromatic carbocycles. The highest BCUT2D eigenvalue weighted by Gasteiger charge is 2.33. The predicted molar refractivity (Wildman–Crippen MR) is 45.7 cm³/mol. The Balaban J connectivity index is 2.27.